The SMILES string of the molecule is O=C(NC(CCO[C@H]1C[C@@H](CCc2ccc3c(n2)NCCC3)C1)C(=O)O)c1cccc(F)c1Cl. The maximum absolute atomic E-state index is 13.6. The molecule has 2 aromatic rings. The molecule has 1 fully saturated rings. The number of carbonyl (C=O) groups is 2. The van der Waals surface area contributed by atoms with Crippen molar-refractivity contribution in [2.45, 2.75) is 57.1 Å². The molecule has 1 aromatic heterocycles. The predicted octanol–water partition coefficient (Wildman–Crippen LogP) is 4.23. The van der Waals surface area contributed by atoms with Gasteiger partial charge in [0.25, 0.3) is 5.91 Å². The van der Waals surface area contributed by atoms with Gasteiger partial charge in [-0.05, 0) is 68.2 Å². The second kappa shape index (κ2) is 11.1. The van der Waals surface area contributed by atoms with E-state index in [2.05, 4.69) is 22.8 Å². The number of aryl methyl sites for hydroxylation is 2. The van der Waals surface area contributed by atoms with Crippen LogP contribution in [0.2, 0.25) is 5.02 Å². The molecule has 4 rings (SSSR count). The van der Waals surface area contributed by atoms with E-state index in [1.165, 1.54) is 17.7 Å². The number of aromatic nitrogens is 1. The first-order chi connectivity index (χ1) is 16.4. The van der Waals surface area contributed by atoms with Crippen molar-refractivity contribution in [3.05, 3.63) is 58.0 Å². The van der Waals surface area contributed by atoms with Gasteiger partial charge in [0.2, 0.25) is 0 Å². The number of nitrogens with one attached hydrogen (secondary N) is 2. The molecule has 0 bridgehead atoms. The number of carbonyl (C=O) groups excluding carboxylic acids is 1. The van der Waals surface area contributed by atoms with Crippen LogP contribution in [0.25, 0.3) is 0 Å². The highest BCUT2D eigenvalue weighted by molar-refractivity contribution is 6.34. The fourth-order valence-electron chi connectivity index (χ4n) is 4.43. The third-order valence-corrected chi connectivity index (χ3v) is 6.90. The Morgan fingerprint density at radius 3 is 2.91 bits per heavy atom. The number of amides is 1. The minimum Gasteiger partial charge on any atom is -0.480 e. The molecule has 1 atom stereocenters. The molecule has 1 aromatic carbocycles. The van der Waals surface area contributed by atoms with Gasteiger partial charge in [-0.3, -0.25) is 4.79 Å². The number of halogens is 2. The average Bonchev–Trinajstić information content (AvgIpc) is 2.80. The van der Waals surface area contributed by atoms with E-state index in [1.54, 1.807) is 0 Å². The lowest BCUT2D eigenvalue weighted by Crippen LogP contribution is -2.42. The highest BCUT2D eigenvalue weighted by atomic mass is 35.5. The zero-order chi connectivity index (χ0) is 24.1. The van der Waals surface area contributed by atoms with Gasteiger partial charge in [-0.1, -0.05) is 23.7 Å². The number of rotatable bonds is 10. The molecule has 7 nitrogen and oxygen atoms in total. The Morgan fingerprint density at radius 1 is 1.29 bits per heavy atom. The summed E-state index contributed by atoms with van der Waals surface area (Å²) in [5, 5.41) is 14.9. The monoisotopic (exact) mass is 489 g/mol. The molecular formula is C25H29ClFN3O4. The van der Waals surface area contributed by atoms with E-state index in [0.29, 0.717) is 5.92 Å². The number of pyridine rings is 1. The number of carboxylic acids is 1. The molecule has 1 saturated carbocycles. The molecule has 1 amide bonds. The van der Waals surface area contributed by atoms with Crippen LogP contribution in [-0.4, -0.2) is 47.3 Å². The maximum Gasteiger partial charge on any atom is 0.326 e. The van der Waals surface area contributed by atoms with Gasteiger partial charge in [-0.15, -0.1) is 0 Å². The first-order valence-corrected chi connectivity index (χ1v) is 12.1. The molecule has 182 valence electrons. The number of benzene rings is 1. The van der Waals surface area contributed by atoms with Crippen LogP contribution >= 0.6 is 11.6 Å². The summed E-state index contributed by atoms with van der Waals surface area (Å²) in [5.74, 6) is -1.04. The summed E-state index contributed by atoms with van der Waals surface area (Å²) in [6.07, 6.45) is 6.31. The summed E-state index contributed by atoms with van der Waals surface area (Å²) >= 11 is 5.82. The molecule has 1 unspecified atom stereocenters. The smallest absolute Gasteiger partial charge is 0.326 e. The Labute approximate surface area is 203 Å². The zero-order valence-electron chi connectivity index (χ0n) is 18.9. The Morgan fingerprint density at radius 2 is 2.12 bits per heavy atom. The molecule has 0 radical (unpaired) electrons. The van der Waals surface area contributed by atoms with E-state index in [0.717, 1.165) is 62.6 Å². The van der Waals surface area contributed by atoms with Crippen LogP contribution in [0.5, 0.6) is 0 Å². The molecule has 34 heavy (non-hydrogen) atoms. The van der Waals surface area contributed by atoms with Crippen molar-refractivity contribution >= 4 is 29.3 Å². The number of nitrogens with zero attached hydrogens (tertiary/aromatic N) is 1. The lowest BCUT2D eigenvalue weighted by Gasteiger charge is -2.35. The molecule has 9 heteroatoms. The summed E-state index contributed by atoms with van der Waals surface area (Å²) in [4.78, 5) is 28.6. The lowest BCUT2D eigenvalue weighted by atomic mass is 9.79. The van der Waals surface area contributed by atoms with Crippen molar-refractivity contribution < 1.29 is 23.8 Å². The van der Waals surface area contributed by atoms with Crippen LogP contribution in [0.4, 0.5) is 10.2 Å². The topological polar surface area (TPSA) is 101 Å². The normalized spacial score (nSPS) is 19.9. The first-order valence-electron chi connectivity index (χ1n) is 11.7. The van der Waals surface area contributed by atoms with Gasteiger partial charge < -0.3 is 20.5 Å². The van der Waals surface area contributed by atoms with Gasteiger partial charge in [0.1, 0.15) is 17.7 Å². The van der Waals surface area contributed by atoms with Gasteiger partial charge in [0, 0.05) is 25.3 Å². The number of aliphatic carboxylic acids is 1. The summed E-state index contributed by atoms with van der Waals surface area (Å²) in [7, 11) is 0. The first kappa shape index (κ1) is 24.4. The standard InChI is InChI=1S/C25H29ClFN3O4/c26-22-19(4-1-5-20(22)27)24(31)30-21(25(32)33)10-12-34-18-13-15(14-18)6-8-17-9-7-16-3-2-11-28-23(16)29-17/h1,4-5,7,9,15,18,21H,2-3,6,8,10-14H2,(H,28,29)(H,30,31)(H,32,33)/t15-,18+,21?. The number of hydrogen-bond acceptors (Lipinski definition) is 5. The van der Waals surface area contributed by atoms with Crippen LogP contribution < -0.4 is 10.6 Å². The lowest BCUT2D eigenvalue weighted by molar-refractivity contribution is -0.140. The van der Waals surface area contributed by atoms with E-state index >= 15 is 0 Å². The number of ether oxygens (including phenoxy) is 1. The van der Waals surface area contributed by atoms with E-state index in [-0.39, 0.29) is 29.7 Å². The number of anilines is 1. The van der Waals surface area contributed by atoms with E-state index < -0.39 is 23.7 Å². The van der Waals surface area contributed by atoms with Crippen LogP contribution in [0, 0.1) is 11.7 Å². The molecule has 1 aliphatic heterocycles. The van der Waals surface area contributed by atoms with E-state index in [9.17, 15) is 19.1 Å². The molecule has 2 heterocycles. The van der Waals surface area contributed by atoms with Gasteiger partial charge >= 0.3 is 5.97 Å². The maximum atomic E-state index is 13.6. The summed E-state index contributed by atoms with van der Waals surface area (Å²) < 4.78 is 19.4. The summed E-state index contributed by atoms with van der Waals surface area (Å²) in [6.45, 7) is 1.19. The zero-order valence-corrected chi connectivity index (χ0v) is 19.6. The van der Waals surface area contributed by atoms with Gasteiger partial charge in [0.05, 0.1) is 16.7 Å². The molecule has 0 spiro atoms. The minimum atomic E-state index is -1.18. The van der Waals surface area contributed by atoms with Crippen molar-refractivity contribution in [3.8, 4) is 0 Å². The highest BCUT2D eigenvalue weighted by Gasteiger charge is 2.30. The second-order valence-electron chi connectivity index (χ2n) is 8.96. The third kappa shape index (κ3) is 6.04. The van der Waals surface area contributed by atoms with Crippen molar-refractivity contribution in [1.29, 1.82) is 0 Å². The molecule has 2 aliphatic rings. The average molecular weight is 490 g/mol. The second-order valence-corrected chi connectivity index (χ2v) is 9.34. The number of fused-ring (bicyclic) bond motifs is 1. The molecule has 0 saturated heterocycles. The Balaban J connectivity index is 1.16. The van der Waals surface area contributed by atoms with Crippen LogP contribution in [-0.2, 0) is 22.4 Å². The van der Waals surface area contributed by atoms with Crippen molar-refractivity contribution in [1.82, 2.24) is 10.3 Å². The van der Waals surface area contributed by atoms with Gasteiger partial charge in [0.15, 0.2) is 0 Å². The van der Waals surface area contributed by atoms with Crippen LogP contribution in [0.1, 0.15) is 53.7 Å². The number of carboxylic acid groups (broad SMARTS) is 1. The third-order valence-electron chi connectivity index (χ3n) is 6.51. The summed E-state index contributed by atoms with van der Waals surface area (Å²) in [6, 6.07) is 6.98. The minimum absolute atomic E-state index is 0.0973. The fraction of sp³-hybridized carbons (Fsp3) is 0.480. The van der Waals surface area contributed by atoms with Crippen molar-refractivity contribution in [3.63, 3.8) is 0 Å². The van der Waals surface area contributed by atoms with Crippen LogP contribution in [0.3, 0.4) is 0 Å². The largest absolute Gasteiger partial charge is 0.480 e. The Hall–Kier alpha value is -2.71. The Bertz CT molecular complexity index is 1040. The Kier molecular flexibility index (Phi) is 8.00. The highest BCUT2D eigenvalue weighted by Crippen LogP contribution is 2.34. The van der Waals surface area contributed by atoms with E-state index in [1.807, 2.05) is 0 Å². The molecular weight excluding hydrogens is 461 g/mol. The fourth-order valence-corrected chi connectivity index (χ4v) is 4.64. The van der Waals surface area contributed by atoms with Gasteiger partial charge in [-0.25, -0.2) is 14.2 Å². The van der Waals surface area contributed by atoms with Crippen molar-refractivity contribution in [2.24, 2.45) is 5.92 Å². The number of hydrogen-bond donors (Lipinski definition) is 3. The molecule has 3 N–H and O–H groups in total. The van der Waals surface area contributed by atoms with E-state index in [4.69, 9.17) is 21.3 Å². The predicted molar refractivity (Wildman–Crippen MR) is 127 cm³/mol. The van der Waals surface area contributed by atoms with Crippen molar-refractivity contribution in [2.75, 3.05) is 18.5 Å². The van der Waals surface area contributed by atoms with Crippen LogP contribution in [0.15, 0.2) is 30.3 Å². The van der Waals surface area contributed by atoms with Gasteiger partial charge in [-0.2, -0.15) is 0 Å². The quantitative estimate of drug-likeness (QED) is 0.461. The molecule has 1 aliphatic carbocycles. The summed E-state index contributed by atoms with van der Waals surface area (Å²) in [5.41, 5.74) is 2.30.